The summed E-state index contributed by atoms with van der Waals surface area (Å²) in [6, 6.07) is 5.28. The molecule has 5 heteroatoms. The predicted molar refractivity (Wildman–Crippen MR) is 69.0 cm³/mol. The molecule has 0 spiro atoms. The minimum atomic E-state index is -0.0551. The standard InChI is InChI=1S/C11H12BrClN2O/c12-9-4-3-8(13)7-10(9)14-11(16)15-5-1-2-6-15/h3-4,7H,1-2,5-6H2,(H,14,16). The molecule has 1 fully saturated rings. The number of hydrogen-bond donors (Lipinski definition) is 1. The summed E-state index contributed by atoms with van der Waals surface area (Å²) < 4.78 is 0.837. The average Bonchev–Trinajstić information content (AvgIpc) is 2.76. The summed E-state index contributed by atoms with van der Waals surface area (Å²) >= 11 is 9.25. The molecule has 1 N–H and O–H groups in total. The van der Waals surface area contributed by atoms with Crippen molar-refractivity contribution in [3.63, 3.8) is 0 Å². The Morgan fingerprint density at radius 1 is 1.38 bits per heavy atom. The molecular weight excluding hydrogens is 291 g/mol. The van der Waals surface area contributed by atoms with Crippen molar-refractivity contribution in [3.8, 4) is 0 Å². The fourth-order valence-corrected chi connectivity index (χ4v) is 2.23. The summed E-state index contributed by atoms with van der Waals surface area (Å²) in [7, 11) is 0. The number of hydrogen-bond acceptors (Lipinski definition) is 1. The normalized spacial score (nSPS) is 15.2. The first-order valence-corrected chi connectivity index (χ1v) is 6.35. The Hall–Kier alpha value is -0.740. The van der Waals surface area contributed by atoms with Crippen LogP contribution in [0.2, 0.25) is 5.02 Å². The maximum Gasteiger partial charge on any atom is 0.321 e. The van der Waals surface area contributed by atoms with E-state index in [0.717, 1.165) is 30.4 Å². The van der Waals surface area contributed by atoms with Crippen LogP contribution in [0.5, 0.6) is 0 Å². The Bertz CT molecular complexity index is 405. The predicted octanol–water partition coefficient (Wildman–Crippen LogP) is 3.73. The molecule has 1 saturated heterocycles. The van der Waals surface area contributed by atoms with E-state index in [1.54, 1.807) is 12.1 Å². The number of carbonyl (C=O) groups is 1. The molecule has 0 saturated carbocycles. The molecule has 0 radical (unpaired) electrons. The number of amides is 2. The second-order valence-electron chi connectivity index (χ2n) is 3.75. The quantitative estimate of drug-likeness (QED) is 0.842. The summed E-state index contributed by atoms with van der Waals surface area (Å²) in [6.45, 7) is 1.67. The molecule has 1 aliphatic heterocycles. The van der Waals surface area contributed by atoms with E-state index in [4.69, 9.17) is 11.6 Å². The van der Waals surface area contributed by atoms with Gasteiger partial charge in [-0.3, -0.25) is 0 Å². The van der Waals surface area contributed by atoms with Gasteiger partial charge in [-0.15, -0.1) is 0 Å². The number of urea groups is 1. The number of likely N-dealkylation sites (tertiary alicyclic amines) is 1. The molecule has 1 heterocycles. The van der Waals surface area contributed by atoms with Crippen LogP contribution in [0.3, 0.4) is 0 Å². The molecular formula is C11H12BrClN2O. The van der Waals surface area contributed by atoms with E-state index in [2.05, 4.69) is 21.2 Å². The molecule has 1 aromatic rings. The fourth-order valence-electron chi connectivity index (χ4n) is 1.71. The van der Waals surface area contributed by atoms with E-state index in [9.17, 15) is 4.79 Å². The molecule has 16 heavy (non-hydrogen) atoms. The third-order valence-corrected chi connectivity index (χ3v) is 3.49. The summed E-state index contributed by atoms with van der Waals surface area (Å²) in [6.07, 6.45) is 2.17. The molecule has 86 valence electrons. The van der Waals surface area contributed by atoms with E-state index in [-0.39, 0.29) is 6.03 Å². The highest BCUT2D eigenvalue weighted by atomic mass is 79.9. The molecule has 2 rings (SSSR count). The van der Waals surface area contributed by atoms with Crippen molar-refractivity contribution < 1.29 is 4.79 Å². The molecule has 0 bridgehead atoms. The molecule has 1 aromatic carbocycles. The van der Waals surface area contributed by atoms with Crippen LogP contribution in [0.25, 0.3) is 0 Å². The smallest absolute Gasteiger partial charge is 0.321 e. The lowest BCUT2D eigenvalue weighted by Crippen LogP contribution is -2.32. The van der Waals surface area contributed by atoms with Crippen molar-refractivity contribution in [2.24, 2.45) is 0 Å². The van der Waals surface area contributed by atoms with Gasteiger partial charge >= 0.3 is 6.03 Å². The zero-order chi connectivity index (χ0) is 11.5. The van der Waals surface area contributed by atoms with Gasteiger partial charge in [-0.2, -0.15) is 0 Å². The van der Waals surface area contributed by atoms with Gasteiger partial charge in [-0.1, -0.05) is 11.6 Å². The number of nitrogens with zero attached hydrogens (tertiary/aromatic N) is 1. The van der Waals surface area contributed by atoms with Crippen molar-refractivity contribution in [1.29, 1.82) is 0 Å². The maximum absolute atomic E-state index is 11.8. The lowest BCUT2D eigenvalue weighted by atomic mass is 10.3. The van der Waals surface area contributed by atoms with Crippen LogP contribution in [0.1, 0.15) is 12.8 Å². The topological polar surface area (TPSA) is 32.3 Å². The number of anilines is 1. The number of rotatable bonds is 1. The second kappa shape index (κ2) is 5.06. The van der Waals surface area contributed by atoms with E-state index >= 15 is 0 Å². The monoisotopic (exact) mass is 302 g/mol. The van der Waals surface area contributed by atoms with Crippen LogP contribution < -0.4 is 5.32 Å². The highest BCUT2D eigenvalue weighted by molar-refractivity contribution is 9.10. The van der Waals surface area contributed by atoms with Crippen LogP contribution >= 0.6 is 27.5 Å². The highest BCUT2D eigenvalue weighted by Gasteiger charge is 2.18. The third kappa shape index (κ3) is 2.68. The molecule has 0 unspecified atom stereocenters. The van der Waals surface area contributed by atoms with Gasteiger partial charge in [0.25, 0.3) is 0 Å². The zero-order valence-electron chi connectivity index (χ0n) is 8.67. The van der Waals surface area contributed by atoms with Gasteiger partial charge in [-0.05, 0) is 47.0 Å². The van der Waals surface area contributed by atoms with E-state index < -0.39 is 0 Å². The summed E-state index contributed by atoms with van der Waals surface area (Å²) in [4.78, 5) is 13.6. The van der Waals surface area contributed by atoms with Crippen LogP contribution in [0.15, 0.2) is 22.7 Å². The fraction of sp³-hybridized carbons (Fsp3) is 0.364. The SMILES string of the molecule is O=C(Nc1cc(Cl)ccc1Br)N1CCCC1. The van der Waals surface area contributed by atoms with Gasteiger partial charge in [0, 0.05) is 22.6 Å². The van der Waals surface area contributed by atoms with E-state index in [1.165, 1.54) is 0 Å². The van der Waals surface area contributed by atoms with Gasteiger partial charge in [-0.25, -0.2) is 4.79 Å². The summed E-state index contributed by atoms with van der Waals surface area (Å²) in [5, 5.41) is 3.46. The van der Waals surface area contributed by atoms with Crippen molar-refractivity contribution >= 4 is 39.2 Å². The molecule has 0 atom stereocenters. The molecule has 0 aliphatic carbocycles. The summed E-state index contributed by atoms with van der Waals surface area (Å²) in [5.74, 6) is 0. The van der Waals surface area contributed by atoms with Gasteiger partial charge < -0.3 is 10.2 Å². The first kappa shape index (κ1) is 11.7. The largest absolute Gasteiger partial charge is 0.325 e. The Morgan fingerprint density at radius 3 is 2.75 bits per heavy atom. The minimum Gasteiger partial charge on any atom is -0.325 e. The number of nitrogens with one attached hydrogen (secondary N) is 1. The van der Waals surface area contributed by atoms with Crippen molar-refractivity contribution in [2.45, 2.75) is 12.8 Å². The lowest BCUT2D eigenvalue weighted by molar-refractivity contribution is 0.222. The molecule has 0 aromatic heterocycles. The van der Waals surface area contributed by atoms with E-state index in [1.807, 2.05) is 11.0 Å². The third-order valence-electron chi connectivity index (χ3n) is 2.56. The number of halogens is 2. The van der Waals surface area contributed by atoms with Gasteiger partial charge in [0.05, 0.1) is 5.69 Å². The molecule has 2 amide bonds. The van der Waals surface area contributed by atoms with Crippen molar-refractivity contribution in [3.05, 3.63) is 27.7 Å². The van der Waals surface area contributed by atoms with Crippen molar-refractivity contribution in [1.82, 2.24) is 4.90 Å². The maximum atomic E-state index is 11.8. The van der Waals surface area contributed by atoms with Crippen LogP contribution in [-0.4, -0.2) is 24.0 Å². The first-order valence-electron chi connectivity index (χ1n) is 5.18. The minimum absolute atomic E-state index is 0.0551. The van der Waals surface area contributed by atoms with Gasteiger partial charge in [0.2, 0.25) is 0 Å². The van der Waals surface area contributed by atoms with Gasteiger partial charge in [0.15, 0.2) is 0 Å². The molecule has 3 nitrogen and oxygen atoms in total. The summed E-state index contributed by atoms with van der Waals surface area (Å²) in [5.41, 5.74) is 0.712. The Balaban J connectivity index is 2.07. The number of carbonyl (C=O) groups excluding carboxylic acids is 1. The average molecular weight is 304 g/mol. The van der Waals surface area contributed by atoms with Gasteiger partial charge in [0.1, 0.15) is 0 Å². The molecule has 1 aliphatic rings. The Kier molecular flexibility index (Phi) is 3.71. The van der Waals surface area contributed by atoms with Crippen molar-refractivity contribution in [2.75, 3.05) is 18.4 Å². The van der Waals surface area contributed by atoms with Crippen LogP contribution in [-0.2, 0) is 0 Å². The highest BCUT2D eigenvalue weighted by Crippen LogP contribution is 2.26. The Morgan fingerprint density at radius 2 is 2.06 bits per heavy atom. The van der Waals surface area contributed by atoms with E-state index in [0.29, 0.717) is 10.7 Å². The number of benzene rings is 1. The van der Waals surface area contributed by atoms with Crippen LogP contribution in [0, 0.1) is 0 Å². The second-order valence-corrected chi connectivity index (χ2v) is 5.04. The Labute approximate surface area is 108 Å². The zero-order valence-corrected chi connectivity index (χ0v) is 11.0. The lowest BCUT2D eigenvalue weighted by Gasteiger charge is -2.16. The van der Waals surface area contributed by atoms with Crippen LogP contribution in [0.4, 0.5) is 10.5 Å². The first-order chi connectivity index (χ1) is 7.66.